The van der Waals surface area contributed by atoms with Crippen molar-refractivity contribution < 1.29 is 9.15 Å². The highest BCUT2D eigenvalue weighted by molar-refractivity contribution is 6.11. The number of furan rings is 1. The van der Waals surface area contributed by atoms with Crippen molar-refractivity contribution >= 4 is 43.7 Å². The molecule has 0 aliphatic carbocycles. The van der Waals surface area contributed by atoms with E-state index in [1.807, 2.05) is 54.6 Å². The van der Waals surface area contributed by atoms with Gasteiger partial charge in [-0.3, -0.25) is 0 Å². The lowest BCUT2D eigenvalue weighted by Crippen LogP contribution is -1.97. The standard InChI is InChI=1S/C49H33NO2/c1-32-23-24-33(29-42(32)40-17-7-11-21-47(40)51-36-13-3-2-4-14-36)34-25-27-39-38-16-6-10-20-45(38)50(46(39)31-34)44-19-9-5-15-37(44)35-26-28-49-43(30-35)41-18-8-12-22-48(41)52-49/h2-31H,1H3. The number of aryl methyl sites for hydroxylation is 1. The van der Waals surface area contributed by atoms with Gasteiger partial charge in [0, 0.05) is 32.7 Å². The summed E-state index contributed by atoms with van der Waals surface area (Å²) >= 11 is 0. The third-order valence-electron chi connectivity index (χ3n) is 10.2. The number of aromatic nitrogens is 1. The van der Waals surface area contributed by atoms with Crippen LogP contribution >= 0.6 is 0 Å². The molecule has 0 atom stereocenters. The summed E-state index contributed by atoms with van der Waals surface area (Å²) in [6.07, 6.45) is 0. The lowest BCUT2D eigenvalue weighted by molar-refractivity contribution is 0.484. The molecule has 0 bridgehead atoms. The molecule has 0 fully saturated rings. The van der Waals surface area contributed by atoms with Crippen LogP contribution in [0.15, 0.2) is 186 Å². The van der Waals surface area contributed by atoms with Crippen molar-refractivity contribution in [2.75, 3.05) is 0 Å². The molecule has 52 heavy (non-hydrogen) atoms. The molecule has 0 unspecified atom stereocenters. The molecule has 0 N–H and O–H groups in total. The van der Waals surface area contributed by atoms with Gasteiger partial charge in [0.25, 0.3) is 0 Å². The highest BCUT2D eigenvalue weighted by Gasteiger charge is 2.18. The Bertz CT molecular complexity index is 2950. The first-order valence-corrected chi connectivity index (χ1v) is 17.7. The summed E-state index contributed by atoms with van der Waals surface area (Å²) in [6, 6.07) is 64.2. The summed E-state index contributed by atoms with van der Waals surface area (Å²) in [6.45, 7) is 2.17. The van der Waals surface area contributed by atoms with Gasteiger partial charge in [-0.15, -0.1) is 0 Å². The van der Waals surface area contributed by atoms with E-state index in [1.54, 1.807) is 0 Å². The molecule has 2 aromatic heterocycles. The molecule has 246 valence electrons. The van der Waals surface area contributed by atoms with Gasteiger partial charge in [-0.05, 0) is 95.4 Å². The van der Waals surface area contributed by atoms with Crippen molar-refractivity contribution in [1.29, 1.82) is 0 Å². The second-order valence-electron chi connectivity index (χ2n) is 13.4. The number of hydrogen-bond donors (Lipinski definition) is 0. The Morgan fingerprint density at radius 2 is 1.08 bits per heavy atom. The van der Waals surface area contributed by atoms with E-state index in [9.17, 15) is 0 Å². The summed E-state index contributed by atoms with van der Waals surface area (Å²) in [5.41, 5.74) is 13.3. The topological polar surface area (TPSA) is 27.3 Å². The second kappa shape index (κ2) is 12.2. The van der Waals surface area contributed by atoms with E-state index >= 15 is 0 Å². The van der Waals surface area contributed by atoms with Crippen LogP contribution in [0.3, 0.4) is 0 Å². The van der Waals surface area contributed by atoms with Crippen LogP contribution in [0.4, 0.5) is 0 Å². The molecule has 0 aliphatic rings. The van der Waals surface area contributed by atoms with Crippen molar-refractivity contribution in [1.82, 2.24) is 4.57 Å². The van der Waals surface area contributed by atoms with Crippen LogP contribution in [-0.4, -0.2) is 4.57 Å². The predicted molar refractivity (Wildman–Crippen MR) is 216 cm³/mol. The monoisotopic (exact) mass is 667 g/mol. The Kier molecular flexibility index (Phi) is 7.04. The first kappa shape index (κ1) is 30.0. The van der Waals surface area contributed by atoms with Gasteiger partial charge in [-0.1, -0.05) is 121 Å². The lowest BCUT2D eigenvalue weighted by Gasteiger charge is -2.16. The second-order valence-corrected chi connectivity index (χ2v) is 13.4. The first-order chi connectivity index (χ1) is 25.7. The lowest BCUT2D eigenvalue weighted by atomic mass is 9.94. The molecule has 0 saturated heterocycles. The average molecular weight is 668 g/mol. The zero-order valence-corrected chi connectivity index (χ0v) is 28.6. The van der Waals surface area contributed by atoms with E-state index in [4.69, 9.17) is 9.15 Å². The maximum Gasteiger partial charge on any atom is 0.135 e. The highest BCUT2D eigenvalue weighted by atomic mass is 16.5. The van der Waals surface area contributed by atoms with Crippen LogP contribution in [0.2, 0.25) is 0 Å². The van der Waals surface area contributed by atoms with Crippen molar-refractivity contribution in [3.8, 4) is 50.6 Å². The zero-order valence-electron chi connectivity index (χ0n) is 28.6. The van der Waals surface area contributed by atoms with E-state index in [0.717, 1.165) is 78.0 Å². The van der Waals surface area contributed by atoms with Gasteiger partial charge >= 0.3 is 0 Å². The quantitative estimate of drug-likeness (QED) is 0.176. The van der Waals surface area contributed by atoms with E-state index in [2.05, 4.69) is 139 Å². The Labute approximate surface area is 301 Å². The van der Waals surface area contributed by atoms with E-state index in [0.29, 0.717) is 0 Å². The van der Waals surface area contributed by atoms with Gasteiger partial charge < -0.3 is 13.7 Å². The Balaban J connectivity index is 1.13. The van der Waals surface area contributed by atoms with Crippen LogP contribution < -0.4 is 4.74 Å². The van der Waals surface area contributed by atoms with Gasteiger partial charge in [0.1, 0.15) is 22.7 Å². The fourth-order valence-corrected chi connectivity index (χ4v) is 7.70. The number of fused-ring (bicyclic) bond motifs is 6. The number of para-hydroxylation sites is 5. The van der Waals surface area contributed by atoms with Gasteiger partial charge in [-0.25, -0.2) is 0 Å². The Hall–Kier alpha value is -6.84. The zero-order chi connectivity index (χ0) is 34.6. The minimum absolute atomic E-state index is 0.820. The largest absolute Gasteiger partial charge is 0.457 e. The van der Waals surface area contributed by atoms with Crippen molar-refractivity contribution in [2.24, 2.45) is 0 Å². The van der Waals surface area contributed by atoms with Crippen molar-refractivity contribution in [3.63, 3.8) is 0 Å². The molecule has 3 nitrogen and oxygen atoms in total. The summed E-state index contributed by atoms with van der Waals surface area (Å²) in [4.78, 5) is 0. The number of ether oxygens (including phenoxy) is 1. The van der Waals surface area contributed by atoms with Crippen molar-refractivity contribution in [2.45, 2.75) is 6.92 Å². The molecule has 0 radical (unpaired) electrons. The Morgan fingerprint density at radius 3 is 1.98 bits per heavy atom. The van der Waals surface area contributed by atoms with Crippen molar-refractivity contribution in [3.05, 3.63) is 188 Å². The van der Waals surface area contributed by atoms with Gasteiger partial charge in [0.05, 0.1) is 16.7 Å². The summed E-state index contributed by atoms with van der Waals surface area (Å²) in [5, 5.41) is 4.70. The molecule has 8 aromatic carbocycles. The van der Waals surface area contributed by atoms with Crippen LogP contribution in [-0.2, 0) is 0 Å². The van der Waals surface area contributed by atoms with Crippen LogP contribution in [0, 0.1) is 6.92 Å². The number of nitrogens with zero attached hydrogens (tertiary/aromatic N) is 1. The summed E-state index contributed by atoms with van der Waals surface area (Å²) in [7, 11) is 0. The molecule has 0 spiro atoms. The average Bonchev–Trinajstić information content (AvgIpc) is 3.74. The molecule has 10 aromatic rings. The van der Waals surface area contributed by atoms with Crippen LogP contribution in [0.1, 0.15) is 5.56 Å². The number of benzene rings is 8. The molecule has 0 saturated carbocycles. The molecular weight excluding hydrogens is 635 g/mol. The van der Waals surface area contributed by atoms with E-state index in [-0.39, 0.29) is 0 Å². The predicted octanol–water partition coefficient (Wildman–Crippen LogP) is 13.8. The van der Waals surface area contributed by atoms with Gasteiger partial charge in [-0.2, -0.15) is 0 Å². The fraction of sp³-hybridized carbons (Fsp3) is 0.0204. The molecule has 0 aliphatic heterocycles. The normalized spacial score (nSPS) is 11.6. The minimum atomic E-state index is 0.820. The molecular formula is C49H33NO2. The fourth-order valence-electron chi connectivity index (χ4n) is 7.70. The maximum atomic E-state index is 6.40. The van der Waals surface area contributed by atoms with E-state index in [1.165, 1.54) is 21.9 Å². The molecule has 3 heteroatoms. The minimum Gasteiger partial charge on any atom is -0.457 e. The summed E-state index contributed by atoms with van der Waals surface area (Å²) in [5.74, 6) is 1.66. The number of hydrogen-bond acceptors (Lipinski definition) is 2. The maximum absolute atomic E-state index is 6.40. The SMILES string of the molecule is Cc1ccc(-c2ccc3c4ccccc4n(-c4ccccc4-c4ccc5oc6ccccc6c5c4)c3c2)cc1-c1ccccc1Oc1ccccc1. The summed E-state index contributed by atoms with van der Waals surface area (Å²) < 4.78 is 15.0. The Morgan fingerprint density at radius 1 is 0.423 bits per heavy atom. The highest BCUT2D eigenvalue weighted by Crippen LogP contribution is 2.41. The smallest absolute Gasteiger partial charge is 0.135 e. The first-order valence-electron chi connectivity index (χ1n) is 17.7. The van der Waals surface area contributed by atoms with Gasteiger partial charge in [0.2, 0.25) is 0 Å². The van der Waals surface area contributed by atoms with Crippen LogP contribution in [0.5, 0.6) is 11.5 Å². The molecule has 2 heterocycles. The van der Waals surface area contributed by atoms with Crippen LogP contribution in [0.25, 0.3) is 82.8 Å². The van der Waals surface area contributed by atoms with Gasteiger partial charge in [0.15, 0.2) is 0 Å². The third kappa shape index (κ3) is 4.98. The number of rotatable bonds is 6. The third-order valence-corrected chi connectivity index (χ3v) is 10.2. The molecule has 10 rings (SSSR count). The van der Waals surface area contributed by atoms with E-state index < -0.39 is 0 Å². The molecule has 0 amide bonds.